The van der Waals surface area contributed by atoms with Crippen LogP contribution in [0.3, 0.4) is 0 Å². The van der Waals surface area contributed by atoms with Crippen LogP contribution in [-0.4, -0.2) is 11.9 Å². The molecule has 0 aromatic heterocycles. The van der Waals surface area contributed by atoms with Gasteiger partial charge in [0.15, 0.2) is 0 Å². The molecule has 3 rings (SSSR count). The molecule has 3 heteroatoms. The molecule has 3 nitrogen and oxygen atoms in total. The summed E-state index contributed by atoms with van der Waals surface area (Å²) in [6.45, 7) is 4.05. The van der Waals surface area contributed by atoms with Gasteiger partial charge in [-0.25, -0.2) is 0 Å². The zero-order chi connectivity index (χ0) is 15.5. The normalized spacial score (nSPS) is 15.4. The zero-order valence-corrected chi connectivity index (χ0v) is 13.1. The van der Waals surface area contributed by atoms with E-state index in [1.807, 2.05) is 56.3 Å². The predicted molar refractivity (Wildman–Crippen MR) is 89.9 cm³/mol. The number of rotatable bonds is 5. The number of hydrogen-bond donors (Lipinski definition) is 2. The fourth-order valence-corrected chi connectivity index (χ4v) is 2.53. The number of benzene rings is 2. The van der Waals surface area contributed by atoms with E-state index in [0.29, 0.717) is 6.04 Å². The van der Waals surface area contributed by atoms with Crippen molar-refractivity contribution in [1.82, 2.24) is 5.32 Å². The quantitative estimate of drug-likeness (QED) is 0.882. The molecule has 0 radical (unpaired) electrons. The van der Waals surface area contributed by atoms with Crippen molar-refractivity contribution in [3.8, 4) is 0 Å². The summed E-state index contributed by atoms with van der Waals surface area (Å²) in [6.07, 6.45) is 2.31. The van der Waals surface area contributed by atoms with Crippen LogP contribution in [0.4, 0.5) is 5.69 Å². The number of carbonyl (C=O) groups excluding carboxylic acids is 1. The summed E-state index contributed by atoms with van der Waals surface area (Å²) in [5, 5.41) is 6.53. The van der Waals surface area contributed by atoms with Crippen LogP contribution in [0.25, 0.3) is 0 Å². The molecule has 1 amide bonds. The van der Waals surface area contributed by atoms with E-state index in [2.05, 4.69) is 16.7 Å². The van der Waals surface area contributed by atoms with Gasteiger partial charge in [0.2, 0.25) is 5.91 Å². The van der Waals surface area contributed by atoms with Gasteiger partial charge in [-0.1, -0.05) is 42.5 Å². The molecule has 1 saturated carbocycles. The van der Waals surface area contributed by atoms with Gasteiger partial charge in [0.1, 0.15) is 6.04 Å². The Bertz CT molecular complexity index is 662. The highest BCUT2D eigenvalue weighted by molar-refractivity contribution is 5.96. The SMILES string of the molecule is Cc1ccc(C)c(NC(=O)[C@H](NC2CC2)c2ccccc2)c1. The lowest BCUT2D eigenvalue weighted by atomic mass is 10.1. The number of anilines is 1. The summed E-state index contributed by atoms with van der Waals surface area (Å²) in [5.74, 6) is 0.00630. The van der Waals surface area contributed by atoms with Crippen LogP contribution in [0, 0.1) is 13.8 Å². The van der Waals surface area contributed by atoms with Crippen LogP contribution in [0.1, 0.15) is 35.6 Å². The third-order valence-corrected chi connectivity index (χ3v) is 4.03. The van der Waals surface area contributed by atoms with Crippen molar-refractivity contribution in [2.75, 3.05) is 5.32 Å². The third-order valence-electron chi connectivity index (χ3n) is 4.03. The molecule has 1 fully saturated rings. The van der Waals surface area contributed by atoms with E-state index < -0.39 is 0 Å². The molecule has 2 aromatic carbocycles. The Morgan fingerprint density at radius 3 is 2.50 bits per heavy atom. The van der Waals surface area contributed by atoms with E-state index in [1.54, 1.807) is 0 Å². The standard InChI is InChI=1S/C19H22N2O/c1-13-8-9-14(2)17(12-13)21-19(22)18(20-16-10-11-16)15-6-4-3-5-7-15/h3-9,12,16,18,20H,10-11H2,1-2H3,(H,21,22)/t18-/m1/s1. The largest absolute Gasteiger partial charge is 0.324 e. The Kier molecular flexibility index (Phi) is 4.25. The average Bonchev–Trinajstić information content (AvgIpc) is 3.33. The highest BCUT2D eigenvalue weighted by Gasteiger charge is 2.29. The minimum Gasteiger partial charge on any atom is -0.324 e. The van der Waals surface area contributed by atoms with E-state index in [0.717, 1.165) is 35.2 Å². The van der Waals surface area contributed by atoms with E-state index >= 15 is 0 Å². The number of hydrogen-bond acceptors (Lipinski definition) is 2. The first-order chi connectivity index (χ1) is 10.6. The Morgan fingerprint density at radius 2 is 1.82 bits per heavy atom. The maximum absolute atomic E-state index is 12.8. The highest BCUT2D eigenvalue weighted by atomic mass is 16.2. The molecule has 0 unspecified atom stereocenters. The molecule has 0 bridgehead atoms. The van der Waals surface area contributed by atoms with Crippen LogP contribution in [0.5, 0.6) is 0 Å². The molecule has 0 spiro atoms. The first kappa shape index (κ1) is 14.8. The van der Waals surface area contributed by atoms with Crippen molar-refractivity contribution < 1.29 is 4.79 Å². The Hall–Kier alpha value is -2.13. The maximum Gasteiger partial charge on any atom is 0.246 e. The zero-order valence-electron chi connectivity index (χ0n) is 13.1. The van der Waals surface area contributed by atoms with Crippen molar-refractivity contribution in [3.05, 3.63) is 65.2 Å². The topological polar surface area (TPSA) is 41.1 Å². The molecule has 2 aromatic rings. The van der Waals surface area contributed by atoms with E-state index in [-0.39, 0.29) is 11.9 Å². The predicted octanol–water partition coefficient (Wildman–Crippen LogP) is 3.74. The Balaban J connectivity index is 1.81. The number of nitrogens with one attached hydrogen (secondary N) is 2. The lowest BCUT2D eigenvalue weighted by Crippen LogP contribution is -2.34. The third kappa shape index (κ3) is 3.55. The van der Waals surface area contributed by atoms with Gasteiger partial charge in [-0.15, -0.1) is 0 Å². The van der Waals surface area contributed by atoms with Gasteiger partial charge in [0.25, 0.3) is 0 Å². The first-order valence-corrected chi connectivity index (χ1v) is 7.82. The molecule has 114 valence electrons. The van der Waals surface area contributed by atoms with Gasteiger partial charge in [-0.05, 0) is 49.4 Å². The second-order valence-electron chi connectivity index (χ2n) is 6.09. The van der Waals surface area contributed by atoms with Crippen LogP contribution in [-0.2, 0) is 4.79 Å². The molecule has 0 aliphatic heterocycles. The lowest BCUT2D eigenvalue weighted by Gasteiger charge is -2.19. The molecule has 1 aliphatic carbocycles. The second kappa shape index (κ2) is 6.32. The summed E-state index contributed by atoms with van der Waals surface area (Å²) in [5.41, 5.74) is 4.13. The highest BCUT2D eigenvalue weighted by Crippen LogP contribution is 2.26. The fraction of sp³-hybridized carbons (Fsp3) is 0.316. The minimum atomic E-state index is -0.298. The van der Waals surface area contributed by atoms with E-state index in [4.69, 9.17) is 0 Å². The first-order valence-electron chi connectivity index (χ1n) is 7.82. The van der Waals surface area contributed by atoms with Crippen molar-refractivity contribution in [1.29, 1.82) is 0 Å². The van der Waals surface area contributed by atoms with Gasteiger partial charge in [-0.3, -0.25) is 10.1 Å². The summed E-state index contributed by atoms with van der Waals surface area (Å²) < 4.78 is 0. The molecule has 2 N–H and O–H groups in total. The van der Waals surface area contributed by atoms with Crippen LogP contribution in [0.15, 0.2) is 48.5 Å². The van der Waals surface area contributed by atoms with Gasteiger partial charge >= 0.3 is 0 Å². The van der Waals surface area contributed by atoms with Crippen molar-refractivity contribution in [2.45, 2.75) is 38.8 Å². The van der Waals surface area contributed by atoms with E-state index in [1.165, 1.54) is 0 Å². The van der Waals surface area contributed by atoms with Crippen LogP contribution in [0.2, 0.25) is 0 Å². The maximum atomic E-state index is 12.8. The Morgan fingerprint density at radius 1 is 1.09 bits per heavy atom. The van der Waals surface area contributed by atoms with Crippen molar-refractivity contribution in [2.24, 2.45) is 0 Å². The second-order valence-corrected chi connectivity index (χ2v) is 6.09. The average molecular weight is 294 g/mol. The summed E-state index contributed by atoms with van der Waals surface area (Å²) in [4.78, 5) is 12.8. The molecule has 1 aliphatic rings. The van der Waals surface area contributed by atoms with Gasteiger partial charge in [0.05, 0.1) is 0 Å². The minimum absolute atomic E-state index is 0.00630. The molecule has 0 saturated heterocycles. The molecule has 22 heavy (non-hydrogen) atoms. The smallest absolute Gasteiger partial charge is 0.246 e. The van der Waals surface area contributed by atoms with Gasteiger partial charge in [-0.2, -0.15) is 0 Å². The summed E-state index contributed by atoms with van der Waals surface area (Å²) in [6, 6.07) is 16.2. The van der Waals surface area contributed by atoms with Gasteiger partial charge < -0.3 is 5.32 Å². The molecular formula is C19H22N2O. The monoisotopic (exact) mass is 294 g/mol. The lowest BCUT2D eigenvalue weighted by molar-refractivity contribution is -0.118. The van der Waals surface area contributed by atoms with Crippen molar-refractivity contribution >= 4 is 11.6 Å². The molecule has 1 atom stereocenters. The number of amides is 1. The number of carbonyl (C=O) groups is 1. The van der Waals surface area contributed by atoms with Crippen LogP contribution < -0.4 is 10.6 Å². The molecule has 0 heterocycles. The number of aryl methyl sites for hydroxylation is 2. The Labute approximate surface area is 131 Å². The summed E-state index contributed by atoms with van der Waals surface area (Å²) >= 11 is 0. The van der Waals surface area contributed by atoms with E-state index in [9.17, 15) is 4.79 Å². The van der Waals surface area contributed by atoms with Crippen molar-refractivity contribution in [3.63, 3.8) is 0 Å². The van der Waals surface area contributed by atoms with Gasteiger partial charge in [0, 0.05) is 11.7 Å². The summed E-state index contributed by atoms with van der Waals surface area (Å²) in [7, 11) is 0. The fourth-order valence-electron chi connectivity index (χ4n) is 2.53. The van der Waals surface area contributed by atoms with Crippen LogP contribution >= 0.6 is 0 Å². The molecular weight excluding hydrogens is 272 g/mol.